The highest BCUT2D eigenvalue weighted by Crippen LogP contribution is 2.54. The van der Waals surface area contributed by atoms with Gasteiger partial charge >= 0.3 is 0 Å². The van der Waals surface area contributed by atoms with Gasteiger partial charge in [-0.15, -0.1) is 0 Å². The number of carbonyl (C=O) groups excluding carboxylic acids is 1. The molecule has 3 rings (SSSR count). The zero-order valence-corrected chi connectivity index (χ0v) is 16.3. The fourth-order valence-electron chi connectivity index (χ4n) is 3.65. The summed E-state index contributed by atoms with van der Waals surface area (Å²) in [5, 5.41) is 2.86. The van der Waals surface area contributed by atoms with E-state index in [0.29, 0.717) is 34.8 Å². The Labute approximate surface area is 162 Å². The van der Waals surface area contributed by atoms with Crippen LogP contribution in [0.5, 0.6) is 17.2 Å². The molecule has 1 saturated carbocycles. The maximum atomic E-state index is 14.3. The number of amides is 1. The summed E-state index contributed by atoms with van der Waals surface area (Å²) >= 11 is 0. The summed E-state index contributed by atoms with van der Waals surface area (Å²) in [7, 11) is 4.42. The first-order valence-electron chi connectivity index (χ1n) is 8.90. The molecule has 2 aromatic carbocycles. The smallest absolute Gasteiger partial charge is 0.251 e. The maximum absolute atomic E-state index is 14.3. The van der Waals surface area contributed by atoms with Crippen LogP contribution >= 0.6 is 0 Å². The molecule has 0 saturated heterocycles. The standard InChI is InChI=1S/C21H23F2NO4/c1-12-10-21(12,15-6-5-14(22)9-16(15)23)11-24-20(25)13-7-17(26-2)19(28-4)18(8-13)27-3/h5-9,12H,10-11H2,1-4H3,(H,24,25). The number of benzene rings is 2. The summed E-state index contributed by atoms with van der Waals surface area (Å²) in [5.74, 6) is -0.259. The van der Waals surface area contributed by atoms with Crippen LogP contribution in [-0.2, 0) is 5.41 Å². The highest BCUT2D eigenvalue weighted by Gasteiger charge is 2.53. The number of halogens is 2. The molecule has 0 heterocycles. The maximum Gasteiger partial charge on any atom is 0.251 e. The average Bonchev–Trinajstić information content (AvgIpc) is 3.34. The van der Waals surface area contributed by atoms with Gasteiger partial charge in [0.05, 0.1) is 21.3 Å². The second-order valence-corrected chi connectivity index (χ2v) is 6.98. The molecule has 2 atom stereocenters. The molecule has 7 heteroatoms. The van der Waals surface area contributed by atoms with Crippen molar-refractivity contribution in [3.63, 3.8) is 0 Å². The topological polar surface area (TPSA) is 56.8 Å². The van der Waals surface area contributed by atoms with Crippen molar-refractivity contribution in [3.05, 3.63) is 53.1 Å². The van der Waals surface area contributed by atoms with Crippen molar-refractivity contribution in [2.75, 3.05) is 27.9 Å². The van der Waals surface area contributed by atoms with E-state index in [9.17, 15) is 13.6 Å². The van der Waals surface area contributed by atoms with E-state index < -0.39 is 17.0 Å². The minimum Gasteiger partial charge on any atom is -0.493 e. The third-order valence-corrected chi connectivity index (χ3v) is 5.41. The summed E-state index contributed by atoms with van der Waals surface area (Å²) in [5.41, 5.74) is 0.220. The van der Waals surface area contributed by atoms with Crippen molar-refractivity contribution >= 4 is 5.91 Å². The molecular formula is C21H23F2NO4. The second-order valence-electron chi connectivity index (χ2n) is 6.98. The molecule has 1 amide bonds. The first-order valence-corrected chi connectivity index (χ1v) is 8.90. The number of hydrogen-bond donors (Lipinski definition) is 1. The second kappa shape index (κ2) is 7.66. The Morgan fingerprint density at radius 3 is 2.18 bits per heavy atom. The van der Waals surface area contributed by atoms with Gasteiger partial charge in [0.1, 0.15) is 11.6 Å². The van der Waals surface area contributed by atoms with Crippen LogP contribution in [0.1, 0.15) is 29.3 Å². The Morgan fingerprint density at radius 1 is 1.11 bits per heavy atom. The SMILES string of the molecule is COc1cc(C(=O)NCC2(c3ccc(F)cc3F)CC2C)cc(OC)c1OC. The Kier molecular flexibility index (Phi) is 5.45. The number of ether oxygens (including phenoxy) is 3. The quantitative estimate of drug-likeness (QED) is 0.782. The number of carbonyl (C=O) groups is 1. The summed E-state index contributed by atoms with van der Waals surface area (Å²) < 4.78 is 43.3. The molecule has 1 N–H and O–H groups in total. The van der Waals surface area contributed by atoms with Gasteiger partial charge in [-0.25, -0.2) is 8.78 Å². The van der Waals surface area contributed by atoms with Crippen LogP contribution in [0.2, 0.25) is 0 Å². The van der Waals surface area contributed by atoms with Gasteiger partial charge in [0, 0.05) is 23.6 Å². The molecule has 0 aromatic heterocycles. The molecule has 28 heavy (non-hydrogen) atoms. The van der Waals surface area contributed by atoms with Gasteiger partial charge in [0.2, 0.25) is 5.75 Å². The van der Waals surface area contributed by atoms with E-state index >= 15 is 0 Å². The fraction of sp³-hybridized carbons (Fsp3) is 0.381. The molecule has 0 aliphatic heterocycles. The molecule has 0 spiro atoms. The van der Waals surface area contributed by atoms with Gasteiger partial charge < -0.3 is 19.5 Å². The van der Waals surface area contributed by atoms with Crippen LogP contribution in [-0.4, -0.2) is 33.8 Å². The zero-order chi connectivity index (χ0) is 20.5. The van der Waals surface area contributed by atoms with Crippen LogP contribution in [0.4, 0.5) is 8.78 Å². The molecule has 0 bridgehead atoms. The first-order chi connectivity index (χ1) is 13.4. The molecular weight excluding hydrogens is 368 g/mol. The molecule has 1 aliphatic carbocycles. The number of nitrogens with one attached hydrogen (secondary N) is 1. The Hall–Kier alpha value is -2.83. The summed E-state index contributed by atoms with van der Waals surface area (Å²) in [6.07, 6.45) is 0.713. The first kappa shape index (κ1) is 19.9. The van der Waals surface area contributed by atoms with E-state index in [1.54, 1.807) is 12.1 Å². The van der Waals surface area contributed by atoms with E-state index in [1.165, 1.54) is 33.5 Å². The zero-order valence-electron chi connectivity index (χ0n) is 16.3. The third kappa shape index (κ3) is 3.48. The van der Waals surface area contributed by atoms with Crippen molar-refractivity contribution < 1.29 is 27.8 Å². The van der Waals surface area contributed by atoms with Gasteiger partial charge in [-0.1, -0.05) is 13.0 Å². The average molecular weight is 391 g/mol. The van der Waals surface area contributed by atoms with E-state index in [-0.39, 0.29) is 18.4 Å². The summed E-state index contributed by atoms with van der Waals surface area (Å²) in [6, 6.07) is 6.69. The van der Waals surface area contributed by atoms with Crippen LogP contribution in [0.15, 0.2) is 30.3 Å². The van der Waals surface area contributed by atoms with Crippen LogP contribution in [0, 0.1) is 17.6 Å². The Bertz CT molecular complexity index is 877. The van der Waals surface area contributed by atoms with E-state index in [2.05, 4.69) is 5.32 Å². The minimum absolute atomic E-state index is 0.174. The predicted molar refractivity (Wildman–Crippen MR) is 100 cm³/mol. The molecule has 1 fully saturated rings. The normalized spacial score (nSPS) is 20.4. The number of rotatable bonds is 7. The van der Waals surface area contributed by atoms with Gasteiger partial charge in [-0.05, 0) is 36.1 Å². The minimum atomic E-state index is -0.619. The van der Waals surface area contributed by atoms with E-state index in [0.717, 1.165) is 6.07 Å². The lowest BCUT2D eigenvalue weighted by atomic mass is 9.92. The predicted octanol–water partition coefficient (Wildman–Crippen LogP) is 3.70. The van der Waals surface area contributed by atoms with E-state index in [4.69, 9.17) is 14.2 Å². The van der Waals surface area contributed by atoms with E-state index in [1.807, 2.05) is 6.92 Å². The summed E-state index contributed by atoms with van der Waals surface area (Å²) in [6.45, 7) is 2.22. The molecule has 150 valence electrons. The van der Waals surface area contributed by atoms with Crippen molar-refractivity contribution in [2.24, 2.45) is 5.92 Å². The Morgan fingerprint density at radius 2 is 1.71 bits per heavy atom. The lowest BCUT2D eigenvalue weighted by molar-refractivity contribution is 0.0948. The van der Waals surface area contributed by atoms with Crippen LogP contribution in [0.3, 0.4) is 0 Å². The summed E-state index contributed by atoms with van der Waals surface area (Å²) in [4.78, 5) is 12.7. The van der Waals surface area contributed by atoms with Gasteiger partial charge in [-0.2, -0.15) is 0 Å². The lowest BCUT2D eigenvalue weighted by Gasteiger charge is -2.20. The van der Waals surface area contributed by atoms with Crippen molar-refractivity contribution in [3.8, 4) is 17.2 Å². The highest BCUT2D eigenvalue weighted by molar-refractivity contribution is 5.95. The number of methoxy groups -OCH3 is 3. The number of hydrogen-bond acceptors (Lipinski definition) is 4. The monoisotopic (exact) mass is 391 g/mol. The Balaban J connectivity index is 1.82. The van der Waals surface area contributed by atoms with Crippen molar-refractivity contribution in [1.29, 1.82) is 0 Å². The fourth-order valence-corrected chi connectivity index (χ4v) is 3.65. The molecule has 2 aromatic rings. The van der Waals surface area contributed by atoms with Crippen molar-refractivity contribution in [1.82, 2.24) is 5.32 Å². The van der Waals surface area contributed by atoms with Gasteiger partial charge in [0.15, 0.2) is 11.5 Å². The highest BCUT2D eigenvalue weighted by atomic mass is 19.1. The van der Waals surface area contributed by atoms with Gasteiger partial charge in [-0.3, -0.25) is 4.79 Å². The lowest BCUT2D eigenvalue weighted by Crippen LogP contribution is -2.33. The van der Waals surface area contributed by atoms with Crippen LogP contribution < -0.4 is 19.5 Å². The largest absolute Gasteiger partial charge is 0.493 e. The molecule has 1 aliphatic rings. The molecule has 2 unspecified atom stereocenters. The van der Waals surface area contributed by atoms with Crippen molar-refractivity contribution in [2.45, 2.75) is 18.8 Å². The third-order valence-electron chi connectivity index (χ3n) is 5.41. The molecule has 5 nitrogen and oxygen atoms in total. The van der Waals surface area contributed by atoms with Gasteiger partial charge in [0.25, 0.3) is 5.91 Å². The molecule has 0 radical (unpaired) electrons. The van der Waals surface area contributed by atoms with Crippen LogP contribution in [0.25, 0.3) is 0 Å².